The van der Waals surface area contributed by atoms with Gasteiger partial charge in [0.2, 0.25) is 0 Å². The van der Waals surface area contributed by atoms with Gasteiger partial charge >= 0.3 is 7.12 Å². The number of nitrogens with zero attached hydrogens (tertiary/aromatic N) is 2. The number of rotatable bonds is 1. The molecule has 4 nitrogen and oxygen atoms in total. The van der Waals surface area contributed by atoms with Crippen LogP contribution in [-0.4, -0.2) is 28.3 Å². The lowest BCUT2D eigenvalue weighted by atomic mass is 9.77. The summed E-state index contributed by atoms with van der Waals surface area (Å²) in [7, 11) is -0.401. The van der Waals surface area contributed by atoms with E-state index < -0.39 is 7.12 Å². The number of fused-ring (bicyclic) bond motifs is 2. The largest absolute Gasteiger partial charge is 0.495 e. The third-order valence-corrected chi connectivity index (χ3v) is 6.36. The average Bonchev–Trinajstić information content (AvgIpc) is 2.95. The number of pyridine rings is 2. The minimum atomic E-state index is -0.401. The van der Waals surface area contributed by atoms with Gasteiger partial charge in [0.05, 0.1) is 25.0 Å². The van der Waals surface area contributed by atoms with Crippen molar-refractivity contribution in [3.63, 3.8) is 0 Å². The zero-order valence-electron chi connectivity index (χ0n) is 19.4. The standard InChI is InChI=1S/C15H18BNO2.C9H6BrN/c1-14(2)15(3,4)19-16(18-14)12-8-5-9-13-11(12)7-6-10-17-13;10-8-4-1-5-9-7(8)3-2-6-11-9/h5-10H,1-4H3;1-6H/i10D;6D. The van der Waals surface area contributed by atoms with E-state index in [0.717, 1.165) is 31.7 Å². The van der Waals surface area contributed by atoms with Gasteiger partial charge in [-0.2, -0.15) is 0 Å². The number of aromatic nitrogens is 2. The SMILES string of the molecule is [2H]c1ccc2c(B3OC(C)(C)C(C)(C)O3)cccc2n1.[2H]c1ccc2c(Br)cccc2n1. The first-order valence-electron chi connectivity index (χ1n) is 10.8. The minimum Gasteiger partial charge on any atom is -0.399 e. The molecule has 0 N–H and O–H groups in total. The number of halogens is 1. The lowest BCUT2D eigenvalue weighted by Gasteiger charge is -2.32. The highest BCUT2D eigenvalue weighted by molar-refractivity contribution is 9.10. The Kier molecular flexibility index (Phi) is 4.99. The molecule has 1 fully saturated rings. The van der Waals surface area contributed by atoms with Crippen molar-refractivity contribution in [2.75, 3.05) is 0 Å². The lowest BCUT2D eigenvalue weighted by molar-refractivity contribution is 0.00578. The van der Waals surface area contributed by atoms with Gasteiger partial charge in [-0.3, -0.25) is 9.97 Å². The first kappa shape index (κ1) is 18.5. The Labute approximate surface area is 188 Å². The number of hydrogen-bond acceptors (Lipinski definition) is 4. The van der Waals surface area contributed by atoms with E-state index in [1.54, 1.807) is 12.1 Å². The molecule has 2 aromatic carbocycles. The van der Waals surface area contributed by atoms with Crippen LogP contribution in [0.4, 0.5) is 0 Å². The molecule has 0 atom stereocenters. The second-order valence-corrected chi connectivity index (χ2v) is 9.04. The van der Waals surface area contributed by atoms with Crippen molar-refractivity contribution in [2.45, 2.75) is 38.9 Å². The molecular weight excluding hydrogens is 439 g/mol. The summed E-state index contributed by atoms with van der Waals surface area (Å²) >= 11 is 3.42. The topological polar surface area (TPSA) is 44.2 Å². The quantitative estimate of drug-likeness (QED) is 0.347. The van der Waals surface area contributed by atoms with E-state index >= 15 is 0 Å². The summed E-state index contributed by atoms with van der Waals surface area (Å²) in [6.45, 7) is 8.16. The van der Waals surface area contributed by atoms with Gasteiger partial charge in [0.15, 0.2) is 0 Å². The smallest absolute Gasteiger partial charge is 0.399 e. The monoisotopic (exact) mass is 464 g/mol. The molecule has 0 aliphatic carbocycles. The van der Waals surface area contributed by atoms with E-state index in [9.17, 15) is 0 Å². The van der Waals surface area contributed by atoms with Crippen LogP contribution in [0.2, 0.25) is 0 Å². The van der Waals surface area contributed by atoms with Crippen LogP contribution in [-0.2, 0) is 9.31 Å². The summed E-state index contributed by atoms with van der Waals surface area (Å²) in [5.41, 5.74) is 1.90. The number of benzene rings is 2. The molecule has 0 unspecified atom stereocenters. The Morgan fingerprint density at radius 1 is 0.767 bits per heavy atom. The molecule has 1 aliphatic rings. The maximum Gasteiger partial charge on any atom is 0.495 e. The Balaban J connectivity index is 0.000000174. The van der Waals surface area contributed by atoms with Crippen LogP contribution >= 0.6 is 15.9 Å². The summed E-state index contributed by atoms with van der Waals surface area (Å²) in [6, 6.07) is 18.8. The van der Waals surface area contributed by atoms with Crippen molar-refractivity contribution in [1.82, 2.24) is 9.97 Å². The Morgan fingerprint density at radius 2 is 1.30 bits per heavy atom. The molecule has 2 aromatic heterocycles. The summed E-state index contributed by atoms with van der Waals surface area (Å²) < 4.78 is 28.1. The molecule has 5 rings (SSSR count). The highest BCUT2D eigenvalue weighted by Crippen LogP contribution is 2.36. The molecule has 6 heteroatoms. The van der Waals surface area contributed by atoms with Crippen LogP contribution in [0.3, 0.4) is 0 Å². The van der Waals surface area contributed by atoms with Crippen LogP contribution in [0.5, 0.6) is 0 Å². The summed E-state index contributed by atoms with van der Waals surface area (Å²) in [5, 5.41) is 2.02. The van der Waals surface area contributed by atoms with E-state index in [2.05, 4.69) is 25.9 Å². The zero-order valence-corrected chi connectivity index (χ0v) is 19.0. The van der Waals surface area contributed by atoms with Crippen LogP contribution in [0.25, 0.3) is 21.8 Å². The van der Waals surface area contributed by atoms with Crippen LogP contribution in [0.15, 0.2) is 77.5 Å². The van der Waals surface area contributed by atoms with Crippen LogP contribution in [0, 0.1) is 0 Å². The molecule has 30 heavy (non-hydrogen) atoms. The lowest BCUT2D eigenvalue weighted by Crippen LogP contribution is -2.41. The minimum absolute atomic E-state index is 0.267. The molecule has 0 amide bonds. The van der Waals surface area contributed by atoms with Crippen LogP contribution < -0.4 is 5.46 Å². The molecule has 0 saturated carbocycles. The van der Waals surface area contributed by atoms with Crippen LogP contribution in [0.1, 0.15) is 30.4 Å². The molecule has 1 saturated heterocycles. The van der Waals surface area contributed by atoms with E-state index in [4.69, 9.17) is 12.1 Å². The fourth-order valence-corrected chi connectivity index (χ4v) is 3.76. The molecule has 1 aliphatic heterocycles. The van der Waals surface area contributed by atoms with Crippen molar-refractivity contribution < 1.29 is 12.1 Å². The van der Waals surface area contributed by atoms with Crippen molar-refractivity contribution in [2.24, 2.45) is 0 Å². The first-order valence-corrected chi connectivity index (χ1v) is 10.6. The van der Waals surface area contributed by atoms with Gasteiger partial charge in [-0.1, -0.05) is 46.3 Å². The molecule has 3 heterocycles. The molecule has 0 bridgehead atoms. The fraction of sp³-hybridized carbons (Fsp3) is 0.250. The van der Waals surface area contributed by atoms with E-state index in [0.29, 0.717) is 6.17 Å². The Hall–Kier alpha value is -2.28. The van der Waals surface area contributed by atoms with Gasteiger partial charge in [0, 0.05) is 22.2 Å². The van der Waals surface area contributed by atoms with Crippen molar-refractivity contribution in [3.05, 3.63) is 77.5 Å². The Bertz CT molecular complexity index is 1280. The van der Waals surface area contributed by atoms with Gasteiger partial charge in [0.1, 0.15) is 0 Å². The second-order valence-electron chi connectivity index (χ2n) is 8.19. The number of hydrogen-bond donors (Lipinski definition) is 0. The highest BCUT2D eigenvalue weighted by Gasteiger charge is 2.52. The predicted molar refractivity (Wildman–Crippen MR) is 127 cm³/mol. The van der Waals surface area contributed by atoms with E-state index in [1.165, 1.54) is 0 Å². The van der Waals surface area contributed by atoms with Crippen molar-refractivity contribution in [1.29, 1.82) is 0 Å². The van der Waals surface area contributed by atoms with Gasteiger partial charge in [-0.25, -0.2) is 0 Å². The predicted octanol–water partition coefficient (Wildman–Crippen LogP) is 5.53. The third kappa shape index (κ3) is 4.00. The third-order valence-electron chi connectivity index (χ3n) is 5.67. The zero-order chi connectivity index (χ0) is 23.1. The average molecular weight is 465 g/mol. The van der Waals surface area contributed by atoms with Crippen molar-refractivity contribution >= 4 is 50.3 Å². The first-order chi connectivity index (χ1) is 15.1. The summed E-state index contributed by atoms with van der Waals surface area (Å²) in [4.78, 5) is 8.31. The van der Waals surface area contributed by atoms with Gasteiger partial charge in [-0.05, 0) is 68.9 Å². The normalized spacial score (nSPS) is 18.0. The van der Waals surface area contributed by atoms with Crippen molar-refractivity contribution in [3.8, 4) is 0 Å². The maximum absolute atomic E-state index is 7.61. The van der Waals surface area contributed by atoms with Gasteiger partial charge in [-0.15, -0.1) is 0 Å². The summed E-state index contributed by atoms with van der Waals surface area (Å²) in [5.74, 6) is 0. The van der Waals surface area contributed by atoms with E-state index in [-0.39, 0.29) is 17.4 Å². The summed E-state index contributed by atoms with van der Waals surface area (Å²) in [6.07, 6.45) is 0.573. The molecule has 4 aromatic rings. The maximum atomic E-state index is 7.61. The fourth-order valence-electron chi connectivity index (χ4n) is 3.27. The van der Waals surface area contributed by atoms with E-state index in [1.807, 2.05) is 76.2 Å². The molecule has 152 valence electrons. The molecular formula is C24H24BBrN2O2. The second kappa shape index (κ2) is 8.10. The molecule has 0 radical (unpaired) electrons. The highest BCUT2D eigenvalue weighted by atomic mass is 79.9. The molecule has 0 spiro atoms. The Morgan fingerprint density at radius 3 is 1.93 bits per heavy atom. The van der Waals surface area contributed by atoms with Gasteiger partial charge in [0.25, 0.3) is 0 Å². The van der Waals surface area contributed by atoms with Gasteiger partial charge < -0.3 is 9.31 Å².